The minimum atomic E-state index is 0.533. The third-order valence-electron chi connectivity index (χ3n) is 2.91. The summed E-state index contributed by atoms with van der Waals surface area (Å²) in [6.07, 6.45) is 0. The van der Waals surface area contributed by atoms with Gasteiger partial charge in [0.2, 0.25) is 5.88 Å². The summed E-state index contributed by atoms with van der Waals surface area (Å²) in [4.78, 5) is 6.73. The van der Waals surface area contributed by atoms with Gasteiger partial charge in [-0.3, -0.25) is 4.90 Å². The molecule has 0 bridgehead atoms. The predicted octanol–water partition coefficient (Wildman–Crippen LogP) is 2.62. The number of aromatic nitrogens is 1. The van der Waals surface area contributed by atoms with Gasteiger partial charge < -0.3 is 10.1 Å². The highest BCUT2D eigenvalue weighted by Crippen LogP contribution is 2.11. The molecule has 0 aromatic carbocycles. The normalized spacial score (nSPS) is 11.3. The Balaban J connectivity index is 2.44. The summed E-state index contributed by atoms with van der Waals surface area (Å²) in [5, 5.41) is 3.00. The van der Waals surface area contributed by atoms with E-state index >= 15 is 0 Å². The first-order valence-electron chi connectivity index (χ1n) is 6.58. The van der Waals surface area contributed by atoms with Gasteiger partial charge in [0.05, 0.1) is 0 Å². The Labute approximate surface area is 110 Å². The first-order valence-corrected chi connectivity index (χ1v) is 6.58. The van der Waals surface area contributed by atoms with Crippen LogP contribution in [0.5, 0.6) is 5.88 Å². The maximum atomic E-state index is 5.69. The van der Waals surface area contributed by atoms with Crippen molar-refractivity contribution in [2.75, 3.05) is 25.5 Å². The van der Waals surface area contributed by atoms with Crippen LogP contribution in [0.2, 0.25) is 0 Å². The topological polar surface area (TPSA) is 37.4 Å². The van der Waals surface area contributed by atoms with Crippen molar-refractivity contribution in [2.45, 2.75) is 39.8 Å². The largest absolute Gasteiger partial charge is 0.476 e. The Morgan fingerprint density at radius 2 is 1.89 bits per heavy atom. The molecule has 1 N–H and O–H groups in total. The molecule has 0 fully saturated rings. The summed E-state index contributed by atoms with van der Waals surface area (Å²) >= 11 is 0. The Hall–Kier alpha value is -1.29. The molecule has 1 aromatic heterocycles. The van der Waals surface area contributed by atoms with Crippen molar-refractivity contribution in [3.63, 3.8) is 0 Å². The van der Waals surface area contributed by atoms with Gasteiger partial charge in [0.1, 0.15) is 12.4 Å². The lowest BCUT2D eigenvalue weighted by atomic mass is 10.2. The van der Waals surface area contributed by atoms with Crippen LogP contribution in [0.1, 0.15) is 27.7 Å². The van der Waals surface area contributed by atoms with Crippen LogP contribution in [0.4, 0.5) is 5.82 Å². The molecule has 102 valence electrons. The lowest BCUT2D eigenvalue weighted by molar-refractivity contribution is 0.140. The van der Waals surface area contributed by atoms with Crippen molar-refractivity contribution >= 4 is 5.82 Å². The van der Waals surface area contributed by atoms with Crippen molar-refractivity contribution in [2.24, 2.45) is 0 Å². The van der Waals surface area contributed by atoms with Crippen LogP contribution in [0.25, 0.3) is 0 Å². The molecule has 1 rings (SSSR count). The van der Waals surface area contributed by atoms with Crippen molar-refractivity contribution in [1.82, 2.24) is 9.88 Å². The van der Waals surface area contributed by atoms with E-state index in [1.54, 1.807) is 0 Å². The van der Waals surface area contributed by atoms with Gasteiger partial charge in [0.25, 0.3) is 0 Å². The van der Waals surface area contributed by atoms with E-state index in [4.69, 9.17) is 4.74 Å². The number of nitrogens with one attached hydrogen (secondary N) is 1. The molecule has 0 amide bonds. The number of pyridine rings is 1. The number of nitrogens with zero attached hydrogens (tertiary/aromatic N) is 2. The van der Waals surface area contributed by atoms with Gasteiger partial charge in [-0.1, -0.05) is 6.07 Å². The first kappa shape index (κ1) is 14.8. The highest BCUT2D eigenvalue weighted by atomic mass is 16.5. The molecule has 4 heteroatoms. The number of ether oxygens (including phenoxy) is 1. The Morgan fingerprint density at radius 3 is 2.44 bits per heavy atom. The highest BCUT2D eigenvalue weighted by molar-refractivity contribution is 5.35. The maximum absolute atomic E-state index is 5.69. The quantitative estimate of drug-likeness (QED) is 0.808. The molecule has 0 unspecified atom stereocenters. The van der Waals surface area contributed by atoms with Crippen LogP contribution >= 0.6 is 0 Å². The average Bonchev–Trinajstić information content (AvgIpc) is 2.34. The van der Waals surface area contributed by atoms with Crippen molar-refractivity contribution in [3.05, 3.63) is 18.2 Å². The zero-order valence-electron chi connectivity index (χ0n) is 12.1. The van der Waals surface area contributed by atoms with E-state index in [0.29, 0.717) is 24.6 Å². The van der Waals surface area contributed by atoms with Crippen molar-refractivity contribution in [1.29, 1.82) is 0 Å². The zero-order chi connectivity index (χ0) is 13.5. The van der Waals surface area contributed by atoms with E-state index in [0.717, 1.165) is 12.4 Å². The smallest absolute Gasteiger partial charge is 0.215 e. The SMILES string of the molecule is CNc1cccc(OCCN(C(C)C)C(C)C)n1. The summed E-state index contributed by atoms with van der Waals surface area (Å²) in [7, 11) is 1.85. The standard InChI is InChI=1S/C14H25N3O/c1-11(2)17(12(3)4)9-10-18-14-8-6-7-13(15-5)16-14/h6-8,11-12H,9-10H2,1-5H3,(H,15,16). The fourth-order valence-corrected chi connectivity index (χ4v) is 2.00. The second-order valence-electron chi connectivity index (χ2n) is 4.88. The Bertz CT molecular complexity index is 345. The van der Waals surface area contributed by atoms with Gasteiger partial charge in [-0.15, -0.1) is 0 Å². The van der Waals surface area contributed by atoms with Gasteiger partial charge in [-0.05, 0) is 33.8 Å². The second kappa shape index (κ2) is 7.21. The fraction of sp³-hybridized carbons (Fsp3) is 0.643. The molecule has 0 spiro atoms. The molecule has 1 heterocycles. The van der Waals surface area contributed by atoms with Crippen LogP contribution < -0.4 is 10.1 Å². The number of hydrogen-bond acceptors (Lipinski definition) is 4. The summed E-state index contributed by atoms with van der Waals surface area (Å²) in [5.74, 6) is 1.51. The Kier molecular flexibility index (Phi) is 5.92. The molecular formula is C14H25N3O. The Morgan fingerprint density at radius 1 is 1.22 bits per heavy atom. The monoisotopic (exact) mass is 251 g/mol. The zero-order valence-corrected chi connectivity index (χ0v) is 12.1. The number of hydrogen-bond donors (Lipinski definition) is 1. The van der Waals surface area contributed by atoms with Gasteiger partial charge in [-0.2, -0.15) is 4.98 Å². The second-order valence-corrected chi connectivity index (χ2v) is 4.88. The van der Waals surface area contributed by atoms with Gasteiger partial charge in [0, 0.05) is 31.7 Å². The van der Waals surface area contributed by atoms with Gasteiger partial charge >= 0.3 is 0 Å². The summed E-state index contributed by atoms with van der Waals surface area (Å²) in [5.41, 5.74) is 0. The van der Waals surface area contributed by atoms with Crippen LogP contribution in [0.15, 0.2) is 18.2 Å². The minimum Gasteiger partial charge on any atom is -0.476 e. The highest BCUT2D eigenvalue weighted by Gasteiger charge is 2.12. The van der Waals surface area contributed by atoms with Crippen LogP contribution in [-0.2, 0) is 0 Å². The molecular weight excluding hydrogens is 226 g/mol. The van der Waals surface area contributed by atoms with Crippen molar-refractivity contribution in [3.8, 4) is 5.88 Å². The van der Waals surface area contributed by atoms with Crippen LogP contribution in [-0.4, -0.2) is 42.2 Å². The third kappa shape index (κ3) is 4.53. The molecule has 1 aromatic rings. The summed E-state index contributed by atoms with van der Waals surface area (Å²) < 4.78 is 5.69. The molecule has 0 radical (unpaired) electrons. The number of rotatable bonds is 7. The minimum absolute atomic E-state index is 0.533. The average molecular weight is 251 g/mol. The summed E-state index contributed by atoms with van der Waals surface area (Å²) in [6, 6.07) is 6.81. The van der Waals surface area contributed by atoms with E-state index in [-0.39, 0.29) is 0 Å². The van der Waals surface area contributed by atoms with E-state index in [1.165, 1.54) is 0 Å². The van der Waals surface area contributed by atoms with E-state index in [2.05, 4.69) is 42.9 Å². The van der Waals surface area contributed by atoms with Crippen LogP contribution in [0.3, 0.4) is 0 Å². The van der Waals surface area contributed by atoms with E-state index in [9.17, 15) is 0 Å². The van der Waals surface area contributed by atoms with E-state index in [1.807, 2.05) is 25.2 Å². The number of anilines is 1. The lowest BCUT2D eigenvalue weighted by Crippen LogP contribution is -2.39. The van der Waals surface area contributed by atoms with Gasteiger partial charge in [-0.25, -0.2) is 0 Å². The van der Waals surface area contributed by atoms with Gasteiger partial charge in [0.15, 0.2) is 0 Å². The molecule has 18 heavy (non-hydrogen) atoms. The van der Waals surface area contributed by atoms with Crippen LogP contribution in [0, 0.1) is 0 Å². The summed E-state index contributed by atoms with van der Waals surface area (Å²) in [6.45, 7) is 10.4. The first-order chi connectivity index (χ1) is 8.54. The van der Waals surface area contributed by atoms with E-state index < -0.39 is 0 Å². The molecule has 0 saturated heterocycles. The molecule has 0 atom stereocenters. The van der Waals surface area contributed by atoms with Crippen molar-refractivity contribution < 1.29 is 4.74 Å². The predicted molar refractivity (Wildman–Crippen MR) is 76.3 cm³/mol. The molecule has 0 saturated carbocycles. The fourth-order valence-electron chi connectivity index (χ4n) is 2.00. The maximum Gasteiger partial charge on any atom is 0.215 e. The molecule has 4 nitrogen and oxygen atoms in total. The molecule has 0 aliphatic carbocycles. The third-order valence-corrected chi connectivity index (χ3v) is 2.91. The molecule has 0 aliphatic heterocycles. The molecule has 0 aliphatic rings. The lowest BCUT2D eigenvalue weighted by Gasteiger charge is -2.30.